The van der Waals surface area contributed by atoms with Crippen molar-refractivity contribution in [2.24, 2.45) is 5.14 Å². The standard InChI is InChI=1S/C19H23N5O7S2/c1-4-9-23-16-7-5-14(33(29,30)22(2)3)10-15(16)21-19(23)12-31-18-8-6-13(32(20,27)28)11-17(18)24(25)26/h5-8,10-11H,4,9,12H2,1-3H3,(H2,20,27,28). The minimum absolute atomic E-state index is 0.0860. The van der Waals surface area contributed by atoms with Gasteiger partial charge in [-0.2, -0.15) is 0 Å². The number of sulfonamides is 2. The van der Waals surface area contributed by atoms with Crippen LogP contribution in [0.25, 0.3) is 11.0 Å². The Hall–Kier alpha value is -3.07. The van der Waals surface area contributed by atoms with E-state index in [-0.39, 0.29) is 17.3 Å². The number of nitro groups is 1. The number of aryl methyl sites for hydroxylation is 1. The van der Waals surface area contributed by atoms with Crippen LogP contribution < -0.4 is 9.88 Å². The second-order valence-electron chi connectivity index (χ2n) is 7.34. The maximum absolute atomic E-state index is 12.5. The van der Waals surface area contributed by atoms with E-state index in [1.54, 1.807) is 6.07 Å². The number of aromatic nitrogens is 2. The molecule has 0 fully saturated rings. The van der Waals surface area contributed by atoms with Gasteiger partial charge in [-0.15, -0.1) is 0 Å². The van der Waals surface area contributed by atoms with E-state index in [2.05, 4.69) is 4.98 Å². The molecule has 14 heteroatoms. The Balaban J connectivity index is 2.01. The summed E-state index contributed by atoms with van der Waals surface area (Å²) < 4.78 is 56.5. The van der Waals surface area contributed by atoms with E-state index in [0.717, 1.165) is 28.9 Å². The lowest BCUT2D eigenvalue weighted by Gasteiger charge is -2.11. The molecule has 0 atom stereocenters. The highest BCUT2D eigenvalue weighted by atomic mass is 32.2. The first-order valence-electron chi connectivity index (χ1n) is 9.72. The van der Waals surface area contributed by atoms with E-state index in [9.17, 15) is 26.9 Å². The predicted molar refractivity (Wildman–Crippen MR) is 120 cm³/mol. The molecule has 12 nitrogen and oxygen atoms in total. The number of benzene rings is 2. The number of ether oxygens (including phenoxy) is 1. The largest absolute Gasteiger partial charge is 0.479 e. The second-order valence-corrected chi connectivity index (χ2v) is 11.1. The molecule has 0 saturated carbocycles. The van der Waals surface area contributed by atoms with Gasteiger partial charge in [0.15, 0.2) is 5.75 Å². The second kappa shape index (κ2) is 9.05. The van der Waals surface area contributed by atoms with Crippen LogP contribution in [-0.4, -0.2) is 49.7 Å². The fourth-order valence-electron chi connectivity index (χ4n) is 3.20. The summed E-state index contributed by atoms with van der Waals surface area (Å²) in [5.41, 5.74) is 0.565. The van der Waals surface area contributed by atoms with Gasteiger partial charge in [-0.1, -0.05) is 6.92 Å². The zero-order valence-electron chi connectivity index (χ0n) is 18.1. The Bertz CT molecular complexity index is 1430. The highest BCUT2D eigenvalue weighted by molar-refractivity contribution is 7.89. The number of imidazole rings is 1. The summed E-state index contributed by atoms with van der Waals surface area (Å²) in [5.74, 6) is 0.273. The van der Waals surface area contributed by atoms with Crippen molar-refractivity contribution >= 4 is 36.8 Å². The normalized spacial score (nSPS) is 12.4. The Morgan fingerprint density at radius 2 is 1.79 bits per heavy atom. The van der Waals surface area contributed by atoms with Crippen LogP contribution in [0.1, 0.15) is 19.2 Å². The van der Waals surface area contributed by atoms with Gasteiger partial charge in [-0.25, -0.2) is 31.3 Å². The van der Waals surface area contributed by atoms with Crippen LogP contribution in [0.2, 0.25) is 0 Å². The third kappa shape index (κ3) is 4.98. The molecule has 2 aromatic carbocycles. The van der Waals surface area contributed by atoms with E-state index >= 15 is 0 Å². The van der Waals surface area contributed by atoms with E-state index < -0.39 is 35.6 Å². The van der Waals surface area contributed by atoms with Crippen molar-refractivity contribution in [3.8, 4) is 5.75 Å². The van der Waals surface area contributed by atoms with Crippen LogP contribution in [-0.2, 0) is 33.2 Å². The quantitative estimate of drug-likeness (QED) is 0.345. The molecule has 0 unspecified atom stereocenters. The number of rotatable bonds is 9. The van der Waals surface area contributed by atoms with Crippen molar-refractivity contribution in [2.75, 3.05) is 14.1 Å². The first-order chi connectivity index (χ1) is 15.4. The zero-order valence-corrected chi connectivity index (χ0v) is 19.8. The lowest BCUT2D eigenvalue weighted by atomic mass is 10.3. The topological polar surface area (TPSA) is 168 Å². The summed E-state index contributed by atoms with van der Waals surface area (Å²) in [6, 6.07) is 7.72. The summed E-state index contributed by atoms with van der Waals surface area (Å²) in [4.78, 5) is 14.8. The van der Waals surface area contributed by atoms with Crippen LogP contribution >= 0.6 is 0 Å². The number of hydrogen-bond donors (Lipinski definition) is 1. The fraction of sp³-hybridized carbons (Fsp3) is 0.316. The Morgan fingerprint density at radius 1 is 1.12 bits per heavy atom. The maximum atomic E-state index is 12.5. The molecular formula is C19H23N5O7S2. The number of primary sulfonamides is 1. The molecule has 3 rings (SSSR count). The SMILES string of the molecule is CCCn1c(COc2ccc(S(N)(=O)=O)cc2[N+](=O)[O-])nc2cc(S(=O)(=O)N(C)C)ccc21. The molecule has 2 N–H and O–H groups in total. The van der Waals surface area contributed by atoms with Crippen molar-refractivity contribution in [3.63, 3.8) is 0 Å². The molecule has 0 amide bonds. The van der Waals surface area contributed by atoms with E-state index in [1.165, 1.54) is 26.2 Å². The van der Waals surface area contributed by atoms with Gasteiger partial charge in [0.1, 0.15) is 12.4 Å². The van der Waals surface area contributed by atoms with Gasteiger partial charge in [0.2, 0.25) is 20.0 Å². The number of hydrogen-bond acceptors (Lipinski definition) is 8. The van der Waals surface area contributed by atoms with Crippen LogP contribution in [0, 0.1) is 10.1 Å². The van der Waals surface area contributed by atoms with Gasteiger partial charge in [-0.05, 0) is 36.8 Å². The number of nitrogens with two attached hydrogens (primary N) is 1. The van der Waals surface area contributed by atoms with Crippen molar-refractivity contribution in [3.05, 3.63) is 52.3 Å². The van der Waals surface area contributed by atoms with E-state index in [4.69, 9.17) is 9.88 Å². The molecular weight excluding hydrogens is 474 g/mol. The summed E-state index contributed by atoms with van der Waals surface area (Å²) in [6.45, 7) is 2.35. The molecule has 0 bridgehead atoms. The molecule has 3 aromatic rings. The third-order valence-electron chi connectivity index (χ3n) is 4.84. The summed E-state index contributed by atoms with van der Waals surface area (Å²) >= 11 is 0. The number of nitro benzene ring substituents is 1. The van der Waals surface area contributed by atoms with Gasteiger partial charge < -0.3 is 9.30 Å². The van der Waals surface area contributed by atoms with E-state index in [0.29, 0.717) is 23.4 Å². The molecule has 0 aliphatic heterocycles. The van der Waals surface area contributed by atoms with Crippen molar-refractivity contribution in [2.45, 2.75) is 36.3 Å². The van der Waals surface area contributed by atoms with Crippen molar-refractivity contribution in [1.82, 2.24) is 13.9 Å². The molecule has 0 aliphatic carbocycles. The predicted octanol–water partition coefficient (Wildman–Crippen LogP) is 1.83. The highest BCUT2D eigenvalue weighted by Crippen LogP contribution is 2.30. The van der Waals surface area contributed by atoms with Crippen molar-refractivity contribution in [1.29, 1.82) is 0 Å². The lowest BCUT2D eigenvalue weighted by Crippen LogP contribution is -2.22. The van der Waals surface area contributed by atoms with Crippen molar-refractivity contribution < 1.29 is 26.5 Å². The van der Waals surface area contributed by atoms with E-state index in [1.807, 2.05) is 11.5 Å². The minimum Gasteiger partial charge on any atom is -0.479 e. The Kier molecular flexibility index (Phi) is 6.74. The first-order valence-corrected chi connectivity index (χ1v) is 12.7. The average Bonchev–Trinajstić information content (AvgIpc) is 3.08. The average molecular weight is 498 g/mol. The number of fused-ring (bicyclic) bond motifs is 1. The molecule has 1 aromatic heterocycles. The van der Waals surface area contributed by atoms with Gasteiger partial charge in [0, 0.05) is 26.7 Å². The molecule has 0 aliphatic rings. The zero-order chi connectivity index (χ0) is 24.6. The fourth-order valence-corrected chi connectivity index (χ4v) is 4.65. The third-order valence-corrected chi connectivity index (χ3v) is 7.56. The summed E-state index contributed by atoms with van der Waals surface area (Å²) in [5, 5.41) is 16.5. The summed E-state index contributed by atoms with van der Waals surface area (Å²) in [6.07, 6.45) is 0.749. The maximum Gasteiger partial charge on any atom is 0.312 e. The minimum atomic E-state index is -4.13. The molecule has 0 spiro atoms. The Labute approximate surface area is 190 Å². The molecule has 178 valence electrons. The van der Waals surface area contributed by atoms with Crippen LogP contribution in [0.15, 0.2) is 46.2 Å². The Morgan fingerprint density at radius 3 is 2.36 bits per heavy atom. The number of nitrogens with zero attached hydrogens (tertiary/aromatic N) is 4. The molecule has 0 saturated heterocycles. The van der Waals surface area contributed by atoms with Gasteiger partial charge >= 0.3 is 5.69 Å². The van der Waals surface area contributed by atoms with Crippen LogP contribution in [0.5, 0.6) is 5.75 Å². The van der Waals surface area contributed by atoms with Crippen LogP contribution in [0.3, 0.4) is 0 Å². The molecule has 33 heavy (non-hydrogen) atoms. The first kappa shape index (κ1) is 24.6. The lowest BCUT2D eigenvalue weighted by molar-refractivity contribution is -0.386. The summed E-state index contributed by atoms with van der Waals surface area (Å²) in [7, 11) is -4.91. The van der Waals surface area contributed by atoms with Gasteiger partial charge in [0.05, 0.1) is 25.7 Å². The van der Waals surface area contributed by atoms with Gasteiger partial charge in [0.25, 0.3) is 0 Å². The smallest absolute Gasteiger partial charge is 0.312 e. The van der Waals surface area contributed by atoms with Gasteiger partial charge in [-0.3, -0.25) is 10.1 Å². The van der Waals surface area contributed by atoms with Crippen LogP contribution in [0.4, 0.5) is 5.69 Å². The molecule has 1 heterocycles. The monoisotopic (exact) mass is 497 g/mol. The molecule has 0 radical (unpaired) electrons. The highest BCUT2D eigenvalue weighted by Gasteiger charge is 2.22.